The van der Waals surface area contributed by atoms with E-state index in [9.17, 15) is 0 Å². The standard InChI is InChI=1S/C13H25NS/c1-9-8-15-13(5,10(9)2)7-11-12(3,4)14(11)6/h9-11H,7-8H2,1-6H3. The molecule has 2 aliphatic rings. The molecule has 2 saturated heterocycles. The van der Waals surface area contributed by atoms with E-state index in [1.165, 1.54) is 12.2 Å². The van der Waals surface area contributed by atoms with Gasteiger partial charge in [0.05, 0.1) is 0 Å². The molecule has 5 unspecified atom stereocenters. The van der Waals surface area contributed by atoms with Crippen molar-refractivity contribution in [3.8, 4) is 0 Å². The molecule has 0 aromatic carbocycles. The predicted molar refractivity (Wildman–Crippen MR) is 69.4 cm³/mol. The lowest BCUT2D eigenvalue weighted by Gasteiger charge is -2.30. The average molecular weight is 227 g/mol. The second-order valence-electron chi connectivity index (χ2n) is 6.37. The Labute approximate surface area is 99.0 Å². The minimum Gasteiger partial charge on any atom is -0.295 e. The van der Waals surface area contributed by atoms with Crippen LogP contribution in [0.1, 0.15) is 41.0 Å². The highest BCUT2D eigenvalue weighted by atomic mass is 32.2. The summed E-state index contributed by atoms with van der Waals surface area (Å²) in [4.78, 5) is 2.52. The molecule has 2 heterocycles. The molecule has 0 aromatic heterocycles. The molecule has 1 nitrogen and oxygen atoms in total. The summed E-state index contributed by atoms with van der Waals surface area (Å²) >= 11 is 2.21. The Bertz CT molecular complexity index is 263. The Morgan fingerprint density at radius 2 is 1.80 bits per heavy atom. The molecule has 0 bridgehead atoms. The number of likely N-dealkylation sites (N-methyl/N-ethyl adjacent to an activating group) is 1. The summed E-state index contributed by atoms with van der Waals surface area (Å²) in [5.41, 5.74) is 0.453. The third-order valence-corrected chi connectivity index (χ3v) is 7.11. The highest BCUT2D eigenvalue weighted by molar-refractivity contribution is 8.00. The predicted octanol–water partition coefficient (Wildman–Crippen LogP) is 3.25. The zero-order valence-electron chi connectivity index (χ0n) is 11.0. The summed E-state index contributed by atoms with van der Waals surface area (Å²) in [6.45, 7) is 12.1. The molecular weight excluding hydrogens is 202 g/mol. The van der Waals surface area contributed by atoms with Crippen LogP contribution in [0.5, 0.6) is 0 Å². The molecule has 15 heavy (non-hydrogen) atoms. The molecule has 0 aliphatic carbocycles. The van der Waals surface area contributed by atoms with E-state index in [0.29, 0.717) is 10.3 Å². The van der Waals surface area contributed by atoms with Crippen molar-refractivity contribution in [1.82, 2.24) is 4.90 Å². The SMILES string of the molecule is CC1CSC(C)(CC2N(C)C2(C)C)C1C. The Hall–Kier alpha value is 0.310. The topological polar surface area (TPSA) is 3.01 Å². The molecule has 2 heteroatoms. The van der Waals surface area contributed by atoms with Crippen molar-refractivity contribution in [1.29, 1.82) is 0 Å². The van der Waals surface area contributed by atoms with Crippen LogP contribution in [-0.4, -0.2) is 34.0 Å². The first-order chi connectivity index (χ1) is 6.79. The van der Waals surface area contributed by atoms with Gasteiger partial charge in [0.15, 0.2) is 0 Å². The lowest BCUT2D eigenvalue weighted by Crippen LogP contribution is -2.30. The van der Waals surface area contributed by atoms with Gasteiger partial charge in [-0.25, -0.2) is 0 Å². The molecule has 2 fully saturated rings. The van der Waals surface area contributed by atoms with E-state index in [4.69, 9.17) is 0 Å². The molecular formula is C13H25NS. The Morgan fingerprint density at radius 1 is 1.27 bits per heavy atom. The van der Waals surface area contributed by atoms with E-state index >= 15 is 0 Å². The van der Waals surface area contributed by atoms with E-state index in [0.717, 1.165) is 17.9 Å². The van der Waals surface area contributed by atoms with E-state index in [1.54, 1.807) is 0 Å². The molecule has 0 radical (unpaired) electrons. The third-order valence-electron chi connectivity index (χ3n) is 5.22. The van der Waals surface area contributed by atoms with Gasteiger partial charge in [0.2, 0.25) is 0 Å². The van der Waals surface area contributed by atoms with Crippen LogP contribution in [0.25, 0.3) is 0 Å². The van der Waals surface area contributed by atoms with Gasteiger partial charge in [0, 0.05) is 16.3 Å². The van der Waals surface area contributed by atoms with Crippen LogP contribution < -0.4 is 0 Å². The maximum absolute atomic E-state index is 2.52. The Balaban J connectivity index is 2.01. The number of nitrogens with zero attached hydrogens (tertiary/aromatic N) is 1. The van der Waals surface area contributed by atoms with Crippen molar-refractivity contribution in [2.45, 2.75) is 57.4 Å². The zero-order chi connectivity index (χ0) is 11.4. The first-order valence-corrected chi connectivity index (χ1v) is 7.14. The van der Waals surface area contributed by atoms with E-state index in [2.05, 4.69) is 58.3 Å². The van der Waals surface area contributed by atoms with E-state index in [1.807, 2.05) is 0 Å². The van der Waals surface area contributed by atoms with E-state index in [-0.39, 0.29) is 0 Å². The summed E-state index contributed by atoms with van der Waals surface area (Å²) in [6.07, 6.45) is 1.37. The van der Waals surface area contributed by atoms with Crippen molar-refractivity contribution in [2.75, 3.05) is 12.8 Å². The van der Waals surface area contributed by atoms with Crippen molar-refractivity contribution < 1.29 is 0 Å². The minimum atomic E-state index is 0.453. The molecule has 0 amide bonds. The van der Waals surface area contributed by atoms with Crippen molar-refractivity contribution in [3.63, 3.8) is 0 Å². The highest BCUT2D eigenvalue weighted by Crippen LogP contribution is 2.53. The van der Waals surface area contributed by atoms with Gasteiger partial charge in [-0.05, 0) is 44.9 Å². The fourth-order valence-electron chi connectivity index (χ4n) is 2.99. The van der Waals surface area contributed by atoms with Crippen LogP contribution in [0.4, 0.5) is 0 Å². The van der Waals surface area contributed by atoms with Gasteiger partial charge in [-0.15, -0.1) is 0 Å². The van der Waals surface area contributed by atoms with Crippen molar-refractivity contribution >= 4 is 11.8 Å². The van der Waals surface area contributed by atoms with Gasteiger partial charge in [-0.2, -0.15) is 11.8 Å². The molecule has 0 saturated carbocycles. The number of hydrogen-bond donors (Lipinski definition) is 0. The monoisotopic (exact) mass is 227 g/mol. The van der Waals surface area contributed by atoms with Gasteiger partial charge in [0.1, 0.15) is 0 Å². The number of thioether (sulfide) groups is 1. The second-order valence-corrected chi connectivity index (χ2v) is 7.93. The molecule has 0 N–H and O–H groups in total. The summed E-state index contributed by atoms with van der Waals surface area (Å²) in [5.74, 6) is 3.12. The fourth-order valence-corrected chi connectivity index (χ4v) is 4.69. The first kappa shape index (κ1) is 11.8. The lowest BCUT2D eigenvalue weighted by molar-refractivity contribution is 0.334. The number of hydrogen-bond acceptors (Lipinski definition) is 2. The van der Waals surface area contributed by atoms with E-state index < -0.39 is 0 Å². The van der Waals surface area contributed by atoms with Crippen LogP contribution in [-0.2, 0) is 0 Å². The smallest absolute Gasteiger partial charge is 0.0309 e. The quantitative estimate of drug-likeness (QED) is 0.666. The minimum absolute atomic E-state index is 0.453. The largest absolute Gasteiger partial charge is 0.295 e. The van der Waals surface area contributed by atoms with Gasteiger partial charge < -0.3 is 0 Å². The number of rotatable bonds is 2. The third kappa shape index (κ3) is 1.74. The summed E-state index contributed by atoms with van der Waals surface area (Å²) in [5, 5.41) is 0. The molecule has 0 spiro atoms. The van der Waals surface area contributed by atoms with Gasteiger partial charge in [-0.1, -0.05) is 20.8 Å². The molecule has 88 valence electrons. The molecule has 2 aliphatic heterocycles. The van der Waals surface area contributed by atoms with Crippen LogP contribution in [0, 0.1) is 11.8 Å². The highest BCUT2D eigenvalue weighted by Gasteiger charge is 2.56. The Morgan fingerprint density at radius 3 is 2.13 bits per heavy atom. The fraction of sp³-hybridized carbons (Fsp3) is 1.00. The molecule has 2 rings (SSSR count). The van der Waals surface area contributed by atoms with Crippen LogP contribution in [0.2, 0.25) is 0 Å². The van der Waals surface area contributed by atoms with Crippen molar-refractivity contribution in [2.24, 2.45) is 11.8 Å². The van der Waals surface area contributed by atoms with Crippen molar-refractivity contribution in [3.05, 3.63) is 0 Å². The average Bonchev–Trinajstić information content (AvgIpc) is 2.48. The normalized spacial score (nSPS) is 53.2. The van der Waals surface area contributed by atoms with Crippen LogP contribution in [0.3, 0.4) is 0 Å². The summed E-state index contributed by atoms with van der Waals surface area (Å²) in [6, 6.07) is 0.808. The van der Waals surface area contributed by atoms with Crippen LogP contribution in [0.15, 0.2) is 0 Å². The summed E-state index contributed by atoms with van der Waals surface area (Å²) < 4.78 is 0.520. The molecule has 5 atom stereocenters. The first-order valence-electron chi connectivity index (χ1n) is 6.16. The summed E-state index contributed by atoms with van der Waals surface area (Å²) in [7, 11) is 2.27. The molecule has 0 aromatic rings. The zero-order valence-corrected chi connectivity index (χ0v) is 11.8. The van der Waals surface area contributed by atoms with Crippen LogP contribution >= 0.6 is 11.8 Å². The Kier molecular flexibility index (Phi) is 2.67. The second kappa shape index (κ2) is 3.40. The van der Waals surface area contributed by atoms with Gasteiger partial charge in [-0.3, -0.25) is 4.90 Å². The maximum atomic E-state index is 2.52. The maximum Gasteiger partial charge on any atom is 0.0309 e. The lowest BCUT2D eigenvalue weighted by atomic mass is 9.82. The van der Waals surface area contributed by atoms with Gasteiger partial charge in [0.25, 0.3) is 0 Å². The van der Waals surface area contributed by atoms with Gasteiger partial charge >= 0.3 is 0 Å².